The van der Waals surface area contributed by atoms with E-state index in [4.69, 9.17) is 16.0 Å². The number of aromatic nitrogens is 2. The summed E-state index contributed by atoms with van der Waals surface area (Å²) in [7, 11) is -2.10. The Labute approximate surface area is 116 Å². The van der Waals surface area contributed by atoms with Gasteiger partial charge in [0.25, 0.3) is 10.0 Å². The second kappa shape index (κ2) is 5.36. The summed E-state index contributed by atoms with van der Waals surface area (Å²) in [5, 5.41) is -0.0827. The first-order valence-electron chi connectivity index (χ1n) is 5.61. The number of nitrogens with zero attached hydrogens (tertiary/aromatic N) is 2. The largest absolute Gasteiger partial charge is 0.469 e. The highest BCUT2D eigenvalue weighted by Gasteiger charge is 2.24. The standard InChI is InChI=1S/C11H14ClN3O3S/c1-8(6-9-4-3-5-18-9)14-19(16,17)11-10(12)15(2)7-13-11/h3-5,7-8,14H,6H2,1-2H3/t8-/m1/s1. The van der Waals surface area contributed by atoms with Crippen molar-refractivity contribution in [2.24, 2.45) is 7.05 Å². The zero-order chi connectivity index (χ0) is 14.0. The molecule has 6 nitrogen and oxygen atoms in total. The third-order valence-electron chi connectivity index (χ3n) is 2.53. The van der Waals surface area contributed by atoms with Gasteiger partial charge in [0, 0.05) is 19.5 Å². The lowest BCUT2D eigenvalue weighted by Gasteiger charge is -2.11. The Hall–Kier alpha value is -1.31. The van der Waals surface area contributed by atoms with Crippen molar-refractivity contribution in [1.82, 2.24) is 14.3 Å². The molecule has 2 aromatic rings. The van der Waals surface area contributed by atoms with Crippen LogP contribution < -0.4 is 4.72 Å². The van der Waals surface area contributed by atoms with Gasteiger partial charge in [0.2, 0.25) is 5.03 Å². The van der Waals surface area contributed by atoms with E-state index >= 15 is 0 Å². The lowest BCUT2D eigenvalue weighted by molar-refractivity contribution is 0.478. The van der Waals surface area contributed by atoms with Gasteiger partial charge in [-0.3, -0.25) is 0 Å². The molecule has 2 heterocycles. The molecule has 0 unspecified atom stereocenters. The quantitative estimate of drug-likeness (QED) is 0.909. The van der Waals surface area contributed by atoms with Crippen LogP contribution in [0.5, 0.6) is 0 Å². The van der Waals surface area contributed by atoms with Crippen LogP contribution in [0.1, 0.15) is 12.7 Å². The molecule has 0 spiro atoms. The van der Waals surface area contributed by atoms with E-state index in [0.29, 0.717) is 12.2 Å². The Morgan fingerprint density at radius 2 is 2.32 bits per heavy atom. The molecule has 0 fully saturated rings. The highest BCUT2D eigenvalue weighted by atomic mass is 35.5. The first-order valence-corrected chi connectivity index (χ1v) is 7.48. The highest BCUT2D eigenvalue weighted by Crippen LogP contribution is 2.19. The number of hydrogen-bond donors (Lipinski definition) is 1. The highest BCUT2D eigenvalue weighted by molar-refractivity contribution is 7.89. The molecular formula is C11H14ClN3O3S. The molecule has 0 saturated heterocycles. The van der Waals surface area contributed by atoms with Gasteiger partial charge >= 0.3 is 0 Å². The van der Waals surface area contributed by atoms with Crippen LogP contribution in [0.4, 0.5) is 0 Å². The number of imidazole rings is 1. The topological polar surface area (TPSA) is 77.1 Å². The Morgan fingerprint density at radius 3 is 2.84 bits per heavy atom. The van der Waals surface area contributed by atoms with Crippen LogP contribution in [0.15, 0.2) is 34.2 Å². The van der Waals surface area contributed by atoms with Gasteiger partial charge in [-0.05, 0) is 19.1 Å². The van der Waals surface area contributed by atoms with Gasteiger partial charge in [0.05, 0.1) is 12.6 Å². The van der Waals surface area contributed by atoms with Crippen LogP contribution in [-0.4, -0.2) is 24.0 Å². The summed E-state index contributed by atoms with van der Waals surface area (Å²) in [4.78, 5) is 3.79. The predicted molar refractivity (Wildman–Crippen MR) is 70.4 cm³/mol. The molecule has 0 radical (unpaired) electrons. The maximum atomic E-state index is 12.1. The molecule has 0 amide bonds. The number of rotatable bonds is 5. The van der Waals surface area contributed by atoms with Crippen molar-refractivity contribution in [3.05, 3.63) is 35.6 Å². The molecule has 1 N–H and O–H groups in total. The van der Waals surface area contributed by atoms with E-state index in [2.05, 4.69) is 9.71 Å². The van der Waals surface area contributed by atoms with Crippen molar-refractivity contribution in [2.45, 2.75) is 24.4 Å². The van der Waals surface area contributed by atoms with Gasteiger partial charge in [-0.25, -0.2) is 18.1 Å². The summed E-state index contributed by atoms with van der Waals surface area (Å²) in [6, 6.07) is 3.22. The number of nitrogens with one attached hydrogen (secondary N) is 1. The fourth-order valence-electron chi connectivity index (χ4n) is 1.67. The van der Waals surface area contributed by atoms with Gasteiger partial charge in [-0.15, -0.1) is 0 Å². The van der Waals surface area contributed by atoms with Gasteiger partial charge in [0.15, 0.2) is 0 Å². The van der Waals surface area contributed by atoms with Gasteiger partial charge < -0.3 is 8.98 Å². The maximum absolute atomic E-state index is 12.1. The first kappa shape index (κ1) is 14.1. The minimum atomic E-state index is -3.73. The summed E-state index contributed by atoms with van der Waals surface area (Å²) in [5.41, 5.74) is 0. The van der Waals surface area contributed by atoms with E-state index in [1.54, 1.807) is 32.4 Å². The van der Waals surface area contributed by atoms with Crippen molar-refractivity contribution >= 4 is 21.6 Å². The van der Waals surface area contributed by atoms with E-state index in [0.717, 1.165) is 0 Å². The molecule has 8 heteroatoms. The normalized spacial score (nSPS) is 13.6. The van der Waals surface area contributed by atoms with Gasteiger partial charge in [0.1, 0.15) is 10.9 Å². The summed E-state index contributed by atoms with van der Waals surface area (Å²) < 4.78 is 33.3. The fraction of sp³-hybridized carbons (Fsp3) is 0.364. The van der Waals surface area contributed by atoms with E-state index in [1.165, 1.54) is 10.9 Å². The Morgan fingerprint density at radius 1 is 1.58 bits per heavy atom. The molecule has 0 bridgehead atoms. The van der Waals surface area contributed by atoms with Gasteiger partial charge in [-0.2, -0.15) is 0 Å². The number of furan rings is 1. The van der Waals surface area contributed by atoms with E-state index in [9.17, 15) is 8.42 Å². The average molecular weight is 304 g/mol. The Kier molecular flexibility index (Phi) is 3.98. The molecule has 19 heavy (non-hydrogen) atoms. The zero-order valence-corrected chi connectivity index (χ0v) is 12.1. The summed E-state index contributed by atoms with van der Waals surface area (Å²) in [6.45, 7) is 1.75. The lowest BCUT2D eigenvalue weighted by atomic mass is 10.2. The number of sulfonamides is 1. The third kappa shape index (κ3) is 3.17. The molecule has 0 saturated carbocycles. The first-order chi connectivity index (χ1) is 8.90. The van der Waals surface area contributed by atoms with Crippen LogP contribution in [0.3, 0.4) is 0 Å². The molecule has 0 aliphatic carbocycles. The summed E-state index contributed by atoms with van der Waals surface area (Å²) >= 11 is 5.88. The molecular weight excluding hydrogens is 290 g/mol. The van der Waals surface area contributed by atoms with Crippen molar-refractivity contribution in [1.29, 1.82) is 0 Å². The molecule has 0 aliphatic rings. The zero-order valence-electron chi connectivity index (χ0n) is 10.5. The molecule has 2 aromatic heterocycles. The van der Waals surface area contributed by atoms with Crippen molar-refractivity contribution in [3.8, 4) is 0 Å². The SMILES string of the molecule is C[C@H](Cc1ccco1)NS(=O)(=O)c1ncn(C)c1Cl. The van der Waals surface area contributed by atoms with Crippen LogP contribution in [-0.2, 0) is 23.5 Å². The summed E-state index contributed by atoms with van der Waals surface area (Å²) in [5.74, 6) is 0.710. The van der Waals surface area contributed by atoms with Crippen molar-refractivity contribution < 1.29 is 12.8 Å². The van der Waals surface area contributed by atoms with E-state index in [-0.39, 0.29) is 16.2 Å². The predicted octanol–water partition coefficient (Wildman–Crippen LogP) is 1.58. The third-order valence-corrected chi connectivity index (χ3v) is 4.61. The molecule has 0 aromatic carbocycles. The fourth-order valence-corrected chi connectivity index (χ4v) is 3.34. The second-order valence-corrected chi connectivity index (χ2v) is 6.24. The van der Waals surface area contributed by atoms with Crippen LogP contribution >= 0.6 is 11.6 Å². The van der Waals surface area contributed by atoms with Crippen LogP contribution in [0.2, 0.25) is 5.15 Å². The van der Waals surface area contributed by atoms with E-state index < -0.39 is 10.0 Å². The Balaban J connectivity index is 2.11. The van der Waals surface area contributed by atoms with Crippen LogP contribution in [0.25, 0.3) is 0 Å². The number of hydrogen-bond acceptors (Lipinski definition) is 4. The van der Waals surface area contributed by atoms with Crippen LogP contribution in [0, 0.1) is 0 Å². The van der Waals surface area contributed by atoms with Crippen molar-refractivity contribution in [3.63, 3.8) is 0 Å². The van der Waals surface area contributed by atoms with E-state index in [1.807, 2.05) is 0 Å². The average Bonchev–Trinajstić information content (AvgIpc) is 2.90. The maximum Gasteiger partial charge on any atom is 0.261 e. The molecule has 2 rings (SSSR count). The smallest absolute Gasteiger partial charge is 0.261 e. The van der Waals surface area contributed by atoms with Gasteiger partial charge in [-0.1, -0.05) is 11.6 Å². The monoisotopic (exact) mass is 303 g/mol. The molecule has 104 valence electrons. The number of aryl methyl sites for hydroxylation is 1. The second-order valence-electron chi connectivity index (χ2n) is 4.26. The minimum absolute atomic E-state index is 0.0812. The minimum Gasteiger partial charge on any atom is -0.469 e. The lowest BCUT2D eigenvalue weighted by Crippen LogP contribution is -2.34. The summed E-state index contributed by atoms with van der Waals surface area (Å²) in [6.07, 6.45) is 3.36. The molecule has 0 aliphatic heterocycles. The van der Waals surface area contributed by atoms with Crippen molar-refractivity contribution in [2.75, 3.05) is 0 Å². The molecule has 1 atom stereocenters. The Bertz CT molecular complexity index is 649. The number of halogens is 1.